The van der Waals surface area contributed by atoms with Crippen LogP contribution in [0.5, 0.6) is 0 Å². The van der Waals surface area contributed by atoms with Crippen molar-refractivity contribution in [3.05, 3.63) is 103 Å². The minimum absolute atomic E-state index is 0.777. The summed E-state index contributed by atoms with van der Waals surface area (Å²) in [7, 11) is 0.777. The van der Waals surface area contributed by atoms with Gasteiger partial charge < -0.3 is 0 Å². The predicted molar refractivity (Wildman–Crippen MR) is 91.4 cm³/mol. The summed E-state index contributed by atoms with van der Waals surface area (Å²) in [6.45, 7) is 3.72. The normalized spacial score (nSPS) is 9.45. The summed E-state index contributed by atoms with van der Waals surface area (Å²) in [5, 5.41) is 2.79. The second-order valence-electron chi connectivity index (χ2n) is 4.34. The third kappa shape index (κ3) is 5.38. The monoisotopic (exact) mass is 277 g/mol. The standard InChI is InChI=1S/C12H11P.C7H7/c1-3-7-11(8-4-1)13-12-9-5-2-6-10-12;1-7-5-3-2-4-6-7/h1-10,13H;2-6H,1H2. The Hall–Kier alpha value is -1.91. The van der Waals surface area contributed by atoms with Crippen molar-refractivity contribution in [1.82, 2.24) is 0 Å². The van der Waals surface area contributed by atoms with Crippen molar-refractivity contribution in [3.8, 4) is 0 Å². The molecule has 0 aliphatic rings. The fourth-order valence-corrected chi connectivity index (χ4v) is 2.74. The average molecular weight is 277 g/mol. The summed E-state index contributed by atoms with van der Waals surface area (Å²) in [6, 6.07) is 31.0. The first-order valence-corrected chi connectivity index (χ1v) is 7.59. The topological polar surface area (TPSA) is 0 Å². The lowest BCUT2D eigenvalue weighted by Gasteiger charge is -2.00. The van der Waals surface area contributed by atoms with Crippen LogP contribution in [0.4, 0.5) is 0 Å². The molecule has 0 aromatic heterocycles. The maximum Gasteiger partial charge on any atom is -0.0226 e. The Labute approximate surface area is 123 Å². The van der Waals surface area contributed by atoms with E-state index in [0.717, 1.165) is 14.1 Å². The molecule has 0 N–H and O–H groups in total. The van der Waals surface area contributed by atoms with Gasteiger partial charge >= 0.3 is 0 Å². The zero-order valence-electron chi connectivity index (χ0n) is 11.4. The van der Waals surface area contributed by atoms with Gasteiger partial charge in [0.05, 0.1) is 0 Å². The molecule has 0 nitrogen and oxygen atoms in total. The molecule has 0 aliphatic heterocycles. The van der Waals surface area contributed by atoms with Crippen molar-refractivity contribution < 1.29 is 0 Å². The van der Waals surface area contributed by atoms with E-state index in [1.807, 2.05) is 30.3 Å². The molecule has 1 heteroatoms. The van der Waals surface area contributed by atoms with Crippen LogP contribution >= 0.6 is 8.58 Å². The van der Waals surface area contributed by atoms with Gasteiger partial charge in [0.15, 0.2) is 0 Å². The zero-order valence-corrected chi connectivity index (χ0v) is 12.4. The van der Waals surface area contributed by atoms with Crippen LogP contribution in [-0.2, 0) is 0 Å². The van der Waals surface area contributed by atoms with Gasteiger partial charge in [-0.2, -0.15) is 0 Å². The maximum absolute atomic E-state index is 3.72. The van der Waals surface area contributed by atoms with Crippen LogP contribution in [0.25, 0.3) is 0 Å². The molecule has 0 aliphatic carbocycles. The van der Waals surface area contributed by atoms with Crippen molar-refractivity contribution in [2.45, 2.75) is 0 Å². The second kappa shape index (κ2) is 8.30. The average Bonchev–Trinajstić information content (AvgIpc) is 2.51. The van der Waals surface area contributed by atoms with E-state index in [4.69, 9.17) is 0 Å². The molecule has 0 saturated heterocycles. The molecule has 3 aromatic rings. The smallest absolute Gasteiger partial charge is 0.0226 e. The van der Waals surface area contributed by atoms with Gasteiger partial charge in [0.2, 0.25) is 0 Å². The molecule has 0 unspecified atom stereocenters. The van der Waals surface area contributed by atoms with Crippen LogP contribution in [0, 0.1) is 6.92 Å². The Morgan fingerprint density at radius 3 is 1.15 bits per heavy atom. The molecule has 3 rings (SSSR count). The van der Waals surface area contributed by atoms with Gasteiger partial charge in [0.1, 0.15) is 0 Å². The molecule has 0 fully saturated rings. The summed E-state index contributed by atoms with van der Waals surface area (Å²) < 4.78 is 0. The van der Waals surface area contributed by atoms with Crippen LogP contribution in [0.1, 0.15) is 5.56 Å². The Kier molecular flexibility index (Phi) is 6.02. The van der Waals surface area contributed by atoms with Crippen molar-refractivity contribution in [2.24, 2.45) is 0 Å². The first-order valence-electron chi connectivity index (χ1n) is 6.59. The van der Waals surface area contributed by atoms with Gasteiger partial charge in [-0.05, 0) is 23.1 Å². The molecule has 0 spiro atoms. The molecule has 3 aromatic carbocycles. The molecule has 0 amide bonds. The first-order chi connectivity index (χ1) is 9.84. The predicted octanol–water partition coefficient (Wildman–Crippen LogP) is 4.18. The van der Waals surface area contributed by atoms with Gasteiger partial charge in [0.25, 0.3) is 0 Å². The van der Waals surface area contributed by atoms with E-state index >= 15 is 0 Å². The summed E-state index contributed by atoms with van der Waals surface area (Å²) in [5.41, 5.74) is 1.07. The molecular weight excluding hydrogens is 259 g/mol. The van der Waals surface area contributed by atoms with E-state index in [9.17, 15) is 0 Å². The zero-order chi connectivity index (χ0) is 14.0. The first kappa shape index (κ1) is 14.5. The second-order valence-corrected chi connectivity index (χ2v) is 5.75. The van der Waals surface area contributed by atoms with E-state index in [1.165, 1.54) is 10.6 Å². The number of rotatable bonds is 2. The Morgan fingerprint density at radius 2 is 0.850 bits per heavy atom. The Balaban J connectivity index is 0.000000178. The summed E-state index contributed by atoms with van der Waals surface area (Å²) in [4.78, 5) is 0. The van der Waals surface area contributed by atoms with Gasteiger partial charge in [-0.3, -0.25) is 0 Å². The molecule has 0 saturated carbocycles. The molecular formula is C19H18P. The summed E-state index contributed by atoms with van der Waals surface area (Å²) >= 11 is 0. The third-order valence-corrected chi connectivity index (χ3v) is 3.92. The van der Waals surface area contributed by atoms with Gasteiger partial charge in [0, 0.05) is 0 Å². The largest absolute Gasteiger partial charge is 0.0622 e. The van der Waals surface area contributed by atoms with E-state index in [1.54, 1.807) is 0 Å². The Morgan fingerprint density at radius 1 is 0.500 bits per heavy atom. The van der Waals surface area contributed by atoms with Crippen LogP contribution in [0.3, 0.4) is 0 Å². The fraction of sp³-hybridized carbons (Fsp3) is 0. The number of hydrogen-bond donors (Lipinski definition) is 0. The highest BCUT2D eigenvalue weighted by atomic mass is 31.1. The lowest BCUT2D eigenvalue weighted by molar-refractivity contribution is 1.62. The highest BCUT2D eigenvalue weighted by molar-refractivity contribution is 7.55. The van der Waals surface area contributed by atoms with Crippen LogP contribution < -0.4 is 10.6 Å². The van der Waals surface area contributed by atoms with Gasteiger partial charge in [-0.15, -0.1) is 0 Å². The highest BCUT2D eigenvalue weighted by Gasteiger charge is 1.92. The van der Waals surface area contributed by atoms with Crippen molar-refractivity contribution >= 4 is 19.2 Å². The molecule has 20 heavy (non-hydrogen) atoms. The van der Waals surface area contributed by atoms with E-state index in [-0.39, 0.29) is 0 Å². The molecule has 0 bridgehead atoms. The maximum atomic E-state index is 3.72. The third-order valence-electron chi connectivity index (χ3n) is 2.68. The van der Waals surface area contributed by atoms with Crippen LogP contribution in [0.15, 0.2) is 91.0 Å². The fourth-order valence-electron chi connectivity index (χ4n) is 1.69. The minimum atomic E-state index is 0.777. The van der Waals surface area contributed by atoms with Gasteiger partial charge in [-0.1, -0.05) is 99.6 Å². The Bertz CT molecular complexity index is 551. The lowest BCUT2D eigenvalue weighted by Crippen LogP contribution is -2.01. The molecule has 0 atom stereocenters. The summed E-state index contributed by atoms with van der Waals surface area (Å²) in [5.74, 6) is 0. The van der Waals surface area contributed by atoms with E-state index in [2.05, 4.69) is 67.6 Å². The lowest BCUT2D eigenvalue weighted by atomic mass is 10.2. The van der Waals surface area contributed by atoms with Crippen LogP contribution in [0.2, 0.25) is 0 Å². The van der Waals surface area contributed by atoms with Crippen molar-refractivity contribution in [1.29, 1.82) is 0 Å². The van der Waals surface area contributed by atoms with Crippen LogP contribution in [-0.4, -0.2) is 0 Å². The number of hydrogen-bond acceptors (Lipinski definition) is 0. The SMILES string of the molecule is [CH2]c1ccccc1.c1ccc(Pc2ccccc2)cc1. The molecule has 1 radical (unpaired) electrons. The summed E-state index contributed by atoms with van der Waals surface area (Å²) in [6.07, 6.45) is 0. The highest BCUT2D eigenvalue weighted by Crippen LogP contribution is 2.08. The van der Waals surface area contributed by atoms with Gasteiger partial charge in [-0.25, -0.2) is 0 Å². The van der Waals surface area contributed by atoms with E-state index < -0.39 is 0 Å². The minimum Gasteiger partial charge on any atom is -0.0622 e. The van der Waals surface area contributed by atoms with Crippen molar-refractivity contribution in [2.75, 3.05) is 0 Å². The number of benzene rings is 3. The van der Waals surface area contributed by atoms with E-state index in [0.29, 0.717) is 0 Å². The van der Waals surface area contributed by atoms with Crippen molar-refractivity contribution in [3.63, 3.8) is 0 Å². The molecule has 99 valence electrons. The quantitative estimate of drug-likeness (QED) is 0.616. The molecule has 0 heterocycles.